The summed E-state index contributed by atoms with van der Waals surface area (Å²) in [6.45, 7) is 7.57. The average molecular weight is 465 g/mol. The van der Waals surface area contributed by atoms with Crippen molar-refractivity contribution in [2.45, 2.75) is 13.8 Å². The van der Waals surface area contributed by atoms with E-state index in [2.05, 4.69) is 6.58 Å². The number of carbonyl (C=O) groups is 2. The maximum atomic E-state index is 13.2. The molecule has 35 heavy (non-hydrogen) atoms. The Morgan fingerprint density at radius 1 is 1.09 bits per heavy atom. The van der Waals surface area contributed by atoms with Gasteiger partial charge in [0, 0.05) is 29.4 Å². The number of aromatic nitrogens is 2. The summed E-state index contributed by atoms with van der Waals surface area (Å²) in [5, 5.41) is 14.4. The molecule has 2 aromatic carbocycles. The van der Waals surface area contributed by atoms with Crippen LogP contribution in [0.3, 0.4) is 0 Å². The van der Waals surface area contributed by atoms with Gasteiger partial charge in [-0.15, -0.1) is 0 Å². The molecule has 4 rings (SSSR count). The van der Waals surface area contributed by atoms with Gasteiger partial charge >= 0.3 is 0 Å². The minimum absolute atomic E-state index is 0.0292. The first-order valence-electron chi connectivity index (χ1n) is 11.2. The Morgan fingerprint density at radius 2 is 1.80 bits per heavy atom. The molecule has 3 aromatic rings. The molecular weight excluding hydrogens is 440 g/mol. The number of carbonyl (C=O) groups excluding carboxylic acids is 2. The van der Waals surface area contributed by atoms with Crippen LogP contribution < -0.4 is 4.74 Å². The molecule has 2 amide bonds. The van der Waals surface area contributed by atoms with E-state index in [0.29, 0.717) is 34.8 Å². The van der Waals surface area contributed by atoms with Crippen LogP contribution in [0.25, 0.3) is 23.0 Å². The molecule has 0 unspecified atom stereocenters. The van der Waals surface area contributed by atoms with E-state index in [1.54, 1.807) is 30.7 Å². The van der Waals surface area contributed by atoms with Gasteiger partial charge in [-0.25, -0.2) is 4.68 Å². The maximum Gasteiger partial charge on any atom is 0.271 e. The van der Waals surface area contributed by atoms with Crippen molar-refractivity contribution in [2.75, 3.05) is 13.2 Å². The first-order chi connectivity index (χ1) is 17.0. The van der Waals surface area contributed by atoms with Gasteiger partial charge < -0.3 is 4.74 Å². The van der Waals surface area contributed by atoms with E-state index in [1.165, 1.54) is 0 Å². The lowest BCUT2D eigenvalue weighted by Crippen LogP contribution is -2.42. The molecule has 0 saturated carbocycles. The predicted octanol–water partition coefficient (Wildman–Crippen LogP) is 4.72. The summed E-state index contributed by atoms with van der Waals surface area (Å²) in [7, 11) is 0. The third kappa shape index (κ3) is 4.55. The Bertz CT molecular complexity index is 1390. The van der Waals surface area contributed by atoms with Crippen molar-refractivity contribution >= 4 is 17.9 Å². The lowest BCUT2D eigenvalue weighted by molar-refractivity contribution is -0.140. The Hall–Kier alpha value is -4.70. The number of nitriles is 1. The first kappa shape index (κ1) is 23.5. The number of amides is 2. The lowest BCUT2D eigenvalue weighted by atomic mass is 9.93. The molecule has 1 aliphatic heterocycles. The van der Waals surface area contributed by atoms with E-state index < -0.39 is 11.8 Å². The van der Waals surface area contributed by atoms with Gasteiger partial charge in [0.2, 0.25) is 0 Å². The number of imide groups is 1. The second kappa shape index (κ2) is 10.1. The molecule has 7 heteroatoms. The molecule has 7 nitrogen and oxygen atoms in total. The monoisotopic (exact) mass is 464 g/mol. The Balaban J connectivity index is 1.87. The first-order valence-corrected chi connectivity index (χ1v) is 11.2. The topological polar surface area (TPSA) is 88.2 Å². The number of hydrogen-bond donors (Lipinski definition) is 0. The van der Waals surface area contributed by atoms with Crippen LogP contribution in [0.2, 0.25) is 0 Å². The number of benzene rings is 2. The summed E-state index contributed by atoms with van der Waals surface area (Å²) in [5.74, 6) is -0.293. The minimum Gasteiger partial charge on any atom is -0.490 e. The molecule has 1 aromatic heterocycles. The molecule has 0 fully saturated rings. The van der Waals surface area contributed by atoms with Crippen LogP contribution in [-0.4, -0.2) is 39.6 Å². The lowest BCUT2D eigenvalue weighted by Gasteiger charge is -2.26. The van der Waals surface area contributed by atoms with Crippen LogP contribution in [0.5, 0.6) is 5.75 Å². The van der Waals surface area contributed by atoms with Crippen molar-refractivity contribution in [3.8, 4) is 28.8 Å². The van der Waals surface area contributed by atoms with Crippen LogP contribution in [0.15, 0.2) is 90.2 Å². The normalized spacial score (nSPS) is 14.9. The van der Waals surface area contributed by atoms with Gasteiger partial charge in [0.15, 0.2) is 0 Å². The highest BCUT2D eigenvalue weighted by Crippen LogP contribution is 2.31. The summed E-state index contributed by atoms with van der Waals surface area (Å²) >= 11 is 0. The summed E-state index contributed by atoms with van der Waals surface area (Å²) in [6.07, 6.45) is 5.21. The van der Waals surface area contributed by atoms with E-state index >= 15 is 0 Å². The van der Waals surface area contributed by atoms with Crippen LogP contribution >= 0.6 is 0 Å². The van der Waals surface area contributed by atoms with Crippen LogP contribution in [0, 0.1) is 11.3 Å². The Labute approximate surface area is 203 Å². The zero-order valence-corrected chi connectivity index (χ0v) is 19.6. The molecule has 0 saturated heterocycles. The number of rotatable bonds is 7. The fraction of sp³-hybridized carbons (Fsp3) is 0.143. The van der Waals surface area contributed by atoms with Gasteiger partial charge in [0.05, 0.1) is 11.4 Å². The summed E-state index contributed by atoms with van der Waals surface area (Å²) in [6, 6.07) is 19.1. The van der Waals surface area contributed by atoms with E-state index in [1.807, 2.05) is 66.9 Å². The molecule has 0 aliphatic carbocycles. The van der Waals surface area contributed by atoms with Gasteiger partial charge in [-0.05, 0) is 61.9 Å². The van der Waals surface area contributed by atoms with Crippen molar-refractivity contribution in [3.05, 3.63) is 95.7 Å². The van der Waals surface area contributed by atoms with E-state index in [-0.39, 0.29) is 12.1 Å². The second-order valence-corrected chi connectivity index (χ2v) is 7.86. The summed E-state index contributed by atoms with van der Waals surface area (Å²) in [5.41, 5.74) is 3.63. The van der Waals surface area contributed by atoms with Gasteiger partial charge in [0.25, 0.3) is 11.8 Å². The quantitative estimate of drug-likeness (QED) is 0.287. The third-order valence-electron chi connectivity index (χ3n) is 5.70. The number of hydrogen-bond acceptors (Lipinski definition) is 5. The smallest absolute Gasteiger partial charge is 0.271 e. The van der Waals surface area contributed by atoms with Crippen molar-refractivity contribution in [1.29, 1.82) is 5.26 Å². The van der Waals surface area contributed by atoms with Crippen LogP contribution in [0.1, 0.15) is 19.4 Å². The predicted molar refractivity (Wildman–Crippen MR) is 133 cm³/mol. The summed E-state index contributed by atoms with van der Waals surface area (Å²) < 4.78 is 7.32. The number of para-hydroxylation sites is 1. The largest absolute Gasteiger partial charge is 0.490 e. The molecule has 0 radical (unpaired) electrons. The Morgan fingerprint density at radius 3 is 2.43 bits per heavy atom. The van der Waals surface area contributed by atoms with Crippen molar-refractivity contribution < 1.29 is 14.3 Å². The zero-order chi connectivity index (χ0) is 24.9. The van der Waals surface area contributed by atoms with E-state index in [4.69, 9.17) is 9.84 Å². The minimum atomic E-state index is -0.565. The highest BCUT2D eigenvalue weighted by molar-refractivity contribution is 6.19. The van der Waals surface area contributed by atoms with E-state index in [0.717, 1.165) is 16.2 Å². The zero-order valence-electron chi connectivity index (χ0n) is 19.6. The highest BCUT2D eigenvalue weighted by Gasteiger charge is 2.34. The number of nitrogens with zero attached hydrogens (tertiary/aromatic N) is 4. The average Bonchev–Trinajstić information content (AvgIpc) is 3.31. The maximum absolute atomic E-state index is 13.2. The van der Waals surface area contributed by atoms with Gasteiger partial charge in [-0.3, -0.25) is 14.5 Å². The molecular formula is C28H24N4O3. The third-order valence-corrected chi connectivity index (χ3v) is 5.70. The fourth-order valence-corrected chi connectivity index (χ4v) is 3.87. The molecule has 1 aliphatic rings. The van der Waals surface area contributed by atoms with E-state index in [9.17, 15) is 14.9 Å². The van der Waals surface area contributed by atoms with Crippen molar-refractivity contribution in [2.24, 2.45) is 0 Å². The fourth-order valence-electron chi connectivity index (χ4n) is 3.87. The molecule has 2 heterocycles. The SMILES string of the molecule is C=CCOc1ccc(-c2nn(-c3ccccc3)cc2/C=C2/C(=O)N(CC)C(=O)C(C#N)=C2C)cc1. The van der Waals surface area contributed by atoms with Gasteiger partial charge in [-0.1, -0.05) is 30.9 Å². The standard InChI is InChI=1S/C28H24N4O3/c1-4-15-35-23-13-11-20(12-14-23)26-21(18-32(30-26)22-9-7-6-8-10-22)16-24-19(3)25(17-29)28(34)31(5-2)27(24)33/h4,6-14,16,18H,1,5,15H2,2-3H3/b24-16+. The van der Waals surface area contributed by atoms with Crippen molar-refractivity contribution in [1.82, 2.24) is 14.7 Å². The Kier molecular flexibility index (Phi) is 6.74. The molecule has 0 N–H and O–H groups in total. The number of ether oxygens (including phenoxy) is 1. The number of likely N-dealkylation sites (N-methyl/N-ethyl adjacent to an activating group) is 1. The molecule has 0 spiro atoms. The van der Waals surface area contributed by atoms with Gasteiger partial charge in [-0.2, -0.15) is 10.4 Å². The van der Waals surface area contributed by atoms with Gasteiger partial charge in [0.1, 0.15) is 24.0 Å². The van der Waals surface area contributed by atoms with Crippen molar-refractivity contribution in [3.63, 3.8) is 0 Å². The van der Waals surface area contributed by atoms with Crippen LogP contribution in [-0.2, 0) is 9.59 Å². The highest BCUT2D eigenvalue weighted by atomic mass is 16.5. The molecule has 0 bridgehead atoms. The molecule has 0 atom stereocenters. The second-order valence-electron chi connectivity index (χ2n) is 7.86. The summed E-state index contributed by atoms with van der Waals surface area (Å²) in [4.78, 5) is 26.8. The van der Waals surface area contributed by atoms with Crippen LogP contribution in [0.4, 0.5) is 0 Å². The molecule has 174 valence electrons.